The highest BCUT2D eigenvalue weighted by atomic mass is 35.5. The second kappa shape index (κ2) is 7.72. The number of rotatable bonds is 4. The molecular formula is C17H21Cl2N5O. The first kappa shape index (κ1) is 18.2. The quantitative estimate of drug-likeness (QED) is 0.852. The third-order valence-corrected chi connectivity index (χ3v) is 4.74. The number of nitrogens with one attached hydrogen (secondary N) is 2. The molecule has 2 N–H and O–H groups in total. The maximum atomic E-state index is 12.6. The van der Waals surface area contributed by atoms with Crippen LogP contribution in [0.5, 0.6) is 0 Å². The van der Waals surface area contributed by atoms with E-state index >= 15 is 0 Å². The van der Waals surface area contributed by atoms with Crippen molar-refractivity contribution < 1.29 is 4.79 Å². The lowest BCUT2D eigenvalue weighted by molar-refractivity contribution is 0.0920. The van der Waals surface area contributed by atoms with Gasteiger partial charge in [0.2, 0.25) is 5.82 Å². The van der Waals surface area contributed by atoms with Gasteiger partial charge in [0.1, 0.15) is 11.5 Å². The van der Waals surface area contributed by atoms with Gasteiger partial charge in [-0.1, -0.05) is 43.1 Å². The maximum Gasteiger partial charge on any atom is 0.291 e. The molecule has 1 aliphatic heterocycles. The van der Waals surface area contributed by atoms with Crippen LogP contribution in [0.25, 0.3) is 5.69 Å². The molecule has 0 bridgehead atoms. The van der Waals surface area contributed by atoms with Crippen molar-refractivity contribution in [2.24, 2.45) is 0 Å². The van der Waals surface area contributed by atoms with Gasteiger partial charge in [0.15, 0.2) is 0 Å². The second-order valence-electron chi connectivity index (χ2n) is 6.45. The predicted octanol–water partition coefficient (Wildman–Crippen LogP) is 3.18. The summed E-state index contributed by atoms with van der Waals surface area (Å²) in [6, 6.07) is 5.34. The van der Waals surface area contributed by atoms with Crippen LogP contribution in [0.1, 0.15) is 49.1 Å². The first-order valence-corrected chi connectivity index (χ1v) is 9.16. The van der Waals surface area contributed by atoms with E-state index in [-0.39, 0.29) is 23.7 Å². The molecule has 1 aliphatic rings. The number of halogens is 2. The average Bonchev–Trinajstić information content (AvgIpc) is 3.01. The van der Waals surface area contributed by atoms with Crippen molar-refractivity contribution in [3.8, 4) is 5.69 Å². The molecule has 0 aliphatic carbocycles. The summed E-state index contributed by atoms with van der Waals surface area (Å²) in [4.78, 5) is 17.0. The van der Waals surface area contributed by atoms with E-state index in [1.165, 1.54) is 0 Å². The van der Waals surface area contributed by atoms with E-state index in [1.807, 2.05) is 13.8 Å². The zero-order chi connectivity index (χ0) is 18.0. The molecule has 1 unspecified atom stereocenters. The van der Waals surface area contributed by atoms with Gasteiger partial charge in [-0.15, -0.1) is 5.10 Å². The van der Waals surface area contributed by atoms with E-state index in [2.05, 4.69) is 20.7 Å². The van der Waals surface area contributed by atoms with Crippen LogP contribution < -0.4 is 10.6 Å². The van der Waals surface area contributed by atoms with Gasteiger partial charge in [0.05, 0.1) is 10.0 Å². The molecule has 8 heteroatoms. The highest BCUT2D eigenvalue weighted by molar-refractivity contribution is 6.37. The molecule has 0 spiro atoms. The zero-order valence-electron chi connectivity index (χ0n) is 14.2. The minimum absolute atomic E-state index is 0.0535. The standard InChI is InChI=1S/C17H21Cl2N5O/c1-10(2)16-22-15(17(25)21-11-5-4-8-20-9-11)23-24(16)14-12(18)6-3-7-13(14)19/h3,6-7,10-11,20H,4-5,8-9H2,1-2H3,(H,21,25). The van der Waals surface area contributed by atoms with Crippen molar-refractivity contribution >= 4 is 29.1 Å². The van der Waals surface area contributed by atoms with Gasteiger partial charge in [-0.05, 0) is 31.5 Å². The number of benzene rings is 1. The summed E-state index contributed by atoms with van der Waals surface area (Å²) >= 11 is 12.6. The molecule has 1 atom stereocenters. The number of carbonyl (C=O) groups is 1. The molecular weight excluding hydrogens is 361 g/mol. The molecule has 0 saturated carbocycles. The van der Waals surface area contributed by atoms with Crippen LogP contribution in [-0.2, 0) is 0 Å². The van der Waals surface area contributed by atoms with E-state index in [4.69, 9.17) is 23.2 Å². The normalized spacial score (nSPS) is 17.7. The smallest absolute Gasteiger partial charge is 0.291 e. The Bertz CT molecular complexity index is 748. The van der Waals surface area contributed by atoms with Crippen LogP contribution in [0.3, 0.4) is 0 Å². The fourth-order valence-corrected chi connectivity index (χ4v) is 3.43. The number of nitrogens with zero attached hydrogens (tertiary/aromatic N) is 3. The van der Waals surface area contributed by atoms with Crippen molar-refractivity contribution in [2.75, 3.05) is 13.1 Å². The van der Waals surface area contributed by atoms with Crippen LogP contribution in [-0.4, -0.2) is 39.8 Å². The Hall–Kier alpha value is -1.63. The largest absolute Gasteiger partial charge is 0.345 e. The first-order chi connectivity index (χ1) is 12.0. The molecule has 1 aromatic heterocycles. The molecule has 1 aromatic carbocycles. The summed E-state index contributed by atoms with van der Waals surface area (Å²) in [5.74, 6) is 0.544. The lowest BCUT2D eigenvalue weighted by atomic mass is 10.1. The second-order valence-corrected chi connectivity index (χ2v) is 7.26. The van der Waals surface area contributed by atoms with Crippen LogP contribution in [0, 0.1) is 0 Å². The lowest BCUT2D eigenvalue weighted by Gasteiger charge is -2.23. The van der Waals surface area contributed by atoms with Gasteiger partial charge >= 0.3 is 0 Å². The number of carbonyl (C=O) groups excluding carboxylic acids is 1. The maximum absolute atomic E-state index is 12.6. The molecule has 3 rings (SSSR count). The number of hydrogen-bond donors (Lipinski definition) is 2. The molecule has 0 radical (unpaired) electrons. The highest BCUT2D eigenvalue weighted by Gasteiger charge is 2.24. The van der Waals surface area contributed by atoms with Crippen molar-refractivity contribution in [3.05, 3.63) is 39.9 Å². The minimum Gasteiger partial charge on any atom is -0.345 e. The van der Waals surface area contributed by atoms with E-state index in [0.29, 0.717) is 21.6 Å². The molecule has 6 nitrogen and oxygen atoms in total. The van der Waals surface area contributed by atoms with Crippen LogP contribution >= 0.6 is 23.2 Å². The van der Waals surface area contributed by atoms with Crippen molar-refractivity contribution in [2.45, 2.75) is 38.6 Å². The lowest BCUT2D eigenvalue weighted by Crippen LogP contribution is -2.45. The van der Waals surface area contributed by atoms with Gasteiger partial charge in [0, 0.05) is 18.5 Å². The Kier molecular flexibility index (Phi) is 5.61. The van der Waals surface area contributed by atoms with E-state index in [0.717, 1.165) is 25.9 Å². The third kappa shape index (κ3) is 3.97. The summed E-state index contributed by atoms with van der Waals surface area (Å²) in [6.07, 6.45) is 1.99. The van der Waals surface area contributed by atoms with Crippen molar-refractivity contribution in [1.82, 2.24) is 25.4 Å². The molecule has 2 aromatic rings. The summed E-state index contributed by atoms with van der Waals surface area (Å²) in [5.41, 5.74) is 0.542. The summed E-state index contributed by atoms with van der Waals surface area (Å²) < 4.78 is 1.57. The number of piperidine rings is 1. The Morgan fingerprint density at radius 1 is 1.36 bits per heavy atom. The van der Waals surface area contributed by atoms with E-state index in [1.54, 1.807) is 22.9 Å². The molecule has 2 heterocycles. The first-order valence-electron chi connectivity index (χ1n) is 8.40. The Balaban J connectivity index is 1.93. The SMILES string of the molecule is CC(C)c1nc(C(=O)NC2CCCNC2)nn1-c1c(Cl)cccc1Cl. The van der Waals surface area contributed by atoms with Gasteiger partial charge in [0.25, 0.3) is 5.91 Å². The Morgan fingerprint density at radius 3 is 2.68 bits per heavy atom. The topological polar surface area (TPSA) is 71.8 Å². The molecule has 1 saturated heterocycles. The average molecular weight is 382 g/mol. The number of amides is 1. The Labute approximate surface area is 156 Å². The Morgan fingerprint density at radius 2 is 2.08 bits per heavy atom. The molecule has 134 valence electrons. The van der Waals surface area contributed by atoms with Gasteiger partial charge in [-0.25, -0.2) is 9.67 Å². The molecule has 1 fully saturated rings. The molecule has 1 amide bonds. The zero-order valence-corrected chi connectivity index (χ0v) is 15.7. The van der Waals surface area contributed by atoms with Crippen LogP contribution in [0.2, 0.25) is 10.0 Å². The molecule has 25 heavy (non-hydrogen) atoms. The number of hydrogen-bond acceptors (Lipinski definition) is 4. The van der Waals surface area contributed by atoms with Crippen molar-refractivity contribution in [3.63, 3.8) is 0 Å². The van der Waals surface area contributed by atoms with E-state index in [9.17, 15) is 4.79 Å². The highest BCUT2D eigenvalue weighted by Crippen LogP contribution is 2.30. The van der Waals surface area contributed by atoms with Gasteiger partial charge in [-0.3, -0.25) is 4.79 Å². The van der Waals surface area contributed by atoms with Gasteiger partial charge in [-0.2, -0.15) is 0 Å². The predicted molar refractivity (Wildman–Crippen MR) is 98.8 cm³/mol. The number of para-hydroxylation sites is 1. The summed E-state index contributed by atoms with van der Waals surface area (Å²) in [6.45, 7) is 5.72. The van der Waals surface area contributed by atoms with E-state index < -0.39 is 0 Å². The third-order valence-electron chi connectivity index (χ3n) is 4.13. The van der Waals surface area contributed by atoms with Crippen LogP contribution in [0.4, 0.5) is 0 Å². The monoisotopic (exact) mass is 381 g/mol. The minimum atomic E-state index is -0.280. The fourth-order valence-electron chi connectivity index (χ4n) is 2.87. The summed E-state index contributed by atoms with van der Waals surface area (Å²) in [7, 11) is 0. The van der Waals surface area contributed by atoms with Crippen LogP contribution in [0.15, 0.2) is 18.2 Å². The van der Waals surface area contributed by atoms with Gasteiger partial charge < -0.3 is 10.6 Å². The summed E-state index contributed by atoms with van der Waals surface area (Å²) in [5, 5.41) is 11.6. The number of aromatic nitrogens is 3. The fraction of sp³-hybridized carbons (Fsp3) is 0.471. The van der Waals surface area contributed by atoms with Crippen molar-refractivity contribution in [1.29, 1.82) is 0 Å².